The Hall–Kier alpha value is -0.840. The number of furan rings is 1. The van der Waals surface area contributed by atoms with E-state index in [1.807, 2.05) is 12.1 Å². The van der Waals surface area contributed by atoms with Gasteiger partial charge in [0.1, 0.15) is 5.76 Å². The standard InChI is InChI=1S/C14H23N3O/c1-3-13-12-16(8-9-17(13)6-1)7-5-15-11-14-4-2-10-18-14/h2,4,10,13,15H,1,3,5-9,11-12H2. The van der Waals surface area contributed by atoms with E-state index >= 15 is 0 Å². The zero-order chi connectivity index (χ0) is 12.2. The van der Waals surface area contributed by atoms with E-state index in [2.05, 4.69) is 15.1 Å². The summed E-state index contributed by atoms with van der Waals surface area (Å²) in [5.74, 6) is 1.02. The predicted octanol–water partition coefficient (Wildman–Crippen LogP) is 1.15. The van der Waals surface area contributed by atoms with E-state index in [1.165, 1.54) is 39.0 Å². The summed E-state index contributed by atoms with van der Waals surface area (Å²) in [4.78, 5) is 5.26. The van der Waals surface area contributed by atoms with Crippen molar-refractivity contribution in [2.75, 3.05) is 39.3 Å². The van der Waals surface area contributed by atoms with E-state index in [0.29, 0.717) is 0 Å². The molecular formula is C14H23N3O. The second kappa shape index (κ2) is 5.87. The van der Waals surface area contributed by atoms with Crippen LogP contribution in [0.5, 0.6) is 0 Å². The molecule has 0 spiro atoms. The molecule has 100 valence electrons. The molecule has 0 saturated carbocycles. The zero-order valence-corrected chi connectivity index (χ0v) is 11.0. The SMILES string of the molecule is c1coc(CNCCN2CCN3CCCC3C2)c1. The second-order valence-electron chi connectivity index (χ2n) is 5.39. The fourth-order valence-corrected chi connectivity index (χ4v) is 3.12. The third-order valence-corrected chi connectivity index (χ3v) is 4.16. The zero-order valence-electron chi connectivity index (χ0n) is 11.0. The first-order chi connectivity index (χ1) is 8.92. The molecule has 0 aliphatic carbocycles. The van der Waals surface area contributed by atoms with Gasteiger partial charge in [-0.25, -0.2) is 0 Å². The van der Waals surface area contributed by atoms with E-state index in [9.17, 15) is 0 Å². The molecule has 1 aromatic rings. The van der Waals surface area contributed by atoms with Crippen molar-refractivity contribution in [1.29, 1.82) is 0 Å². The van der Waals surface area contributed by atoms with Gasteiger partial charge in [-0.3, -0.25) is 9.80 Å². The first-order valence-electron chi connectivity index (χ1n) is 7.11. The van der Waals surface area contributed by atoms with E-state index in [1.54, 1.807) is 6.26 Å². The van der Waals surface area contributed by atoms with Crippen molar-refractivity contribution in [3.8, 4) is 0 Å². The summed E-state index contributed by atoms with van der Waals surface area (Å²) >= 11 is 0. The molecule has 1 N–H and O–H groups in total. The van der Waals surface area contributed by atoms with Gasteiger partial charge in [0.2, 0.25) is 0 Å². The highest BCUT2D eigenvalue weighted by atomic mass is 16.3. The lowest BCUT2D eigenvalue weighted by Crippen LogP contribution is -2.51. The second-order valence-corrected chi connectivity index (χ2v) is 5.39. The molecule has 4 heteroatoms. The molecule has 2 fully saturated rings. The van der Waals surface area contributed by atoms with Gasteiger partial charge in [0.15, 0.2) is 0 Å². The first-order valence-corrected chi connectivity index (χ1v) is 7.11. The highest BCUT2D eigenvalue weighted by Gasteiger charge is 2.29. The van der Waals surface area contributed by atoms with Crippen LogP contribution in [0.3, 0.4) is 0 Å². The summed E-state index contributed by atoms with van der Waals surface area (Å²) in [5, 5.41) is 3.45. The number of piperazine rings is 1. The van der Waals surface area contributed by atoms with Gasteiger partial charge in [0, 0.05) is 38.8 Å². The minimum absolute atomic E-state index is 0.837. The monoisotopic (exact) mass is 249 g/mol. The average molecular weight is 249 g/mol. The number of rotatable bonds is 5. The van der Waals surface area contributed by atoms with Crippen LogP contribution in [0.25, 0.3) is 0 Å². The minimum Gasteiger partial charge on any atom is -0.468 e. The lowest BCUT2D eigenvalue weighted by atomic mass is 10.1. The predicted molar refractivity (Wildman–Crippen MR) is 71.4 cm³/mol. The molecule has 2 aliphatic heterocycles. The Bertz CT molecular complexity index is 352. The maximum Gasteiger partial charge on any atom is 0.117 e. The molecule has 1 unspecified atom stereocenters. The Balaban J connectivity index is 1.34. The molecule has 0 radical (unpaired) electrons. The maximum atomic E-state index is 5.30. The lowest BCUT2D eigenvalue weighted by Gasteiger charge is -2.37. The first kappa shape index (κ1) is 12.2. The van der Waals surface area contributed by atoms with Crippen molar-refractivity contribution >= 4 is 0 Å². The van der Waals surface area contributed by atoms with Crippen LogP contribution in [0.1, 0.15) is 18.6 Å². The van der Waals surface area contributed by atoms with Crippen molar-refractivity contribution in [2.45, 2.75) is 25.4 Å². The molecule has 1 atom stereocenters. The molecule has 2 aliphatic rings. The number of nitrogens with one attached hydrogen (secondary N) is 1. The van der Waals surface area contributed by atoms with E-state index in [0.717, 1.165) is 31.4 Å². The van der Waals surface area contributed by atoms with E-state index in [-0.39, 0.29) is 0 Å². The molecule has 4 nitrogen and oxygen atoms in total. The van der Waals surface area contributed by atoms with Crippen LogP contribution in [-0.4, -0.2) is 55.1 Å². The Kier molecular flexibility index (Phi) is 3.98. The molecule has 18 heavy (non-hydrogen) atoms. The summed E-state index contributed by atoms with van der Waals surface area (Å²) in [5.41, 5.74) is 0. The molecular weight excluding hydrogens is 226 g/mol. The molecule has 1 aromatic heterocycles. The highest BCUT2D eigenvalue weighted by molar-refractivity contribution is 4.97. The topological polar surface area (TPSA) is 31.7 Å². The Labute approximate surface area is 109 Å². The van der Waals surface area contributed by atoms with Gasteiger partial charge in [0.05, 0.1) is 12.8 Å². The van der Waals surface area contributed by atoms with Gasteiger partial charge in [-0.2, -0.15) is 0 Å². The minimum atomic E-state index is 0.837. The molecule has 3 rings (SSSR count). The van der Waals surface area contributed by atoms with E-state index < -0.39 is 0 Å². The van der Waals surface area contributed by atoms with Crippen molar-refractivity contribution in [3.63, 3.8) is 0 Å². The van der Waals surface area contributed by atoms with Gasteiger partial charge < -0.3 is 9.73 Å². The van der Waals surface area contributed by atoms with Crippen molar-refractivity contribution < 1.29 is 4.42 Å². The normalized spacial score (nSPS) is 25.4. The maximum absolute atomic E-state index is 5.30. The molecule has 3 heterocycles. The quantitative estimate of drug-likeness (QED) is 0.793. The van der Waals surface area contributed by atoms with Gasteiger partial charge in [-0.05, 0) is 31.5 Å². The summed E-state index contributed by atoms with van der Waals surface area (Å²) in [6.45, 7) is 8.15. The third-order valence-electron chi connectivity index (χ3n) is 4.16. The molecule has 0 bridgehead atoms. The summed E-state index contributed by atoms with van der Waals surface area (Å²) in [7, 11) is 0. The van der Waals surface area contributed by atoms with E-state index in [4.69, 9.17) is 4.42 Å². The van der Waals surface area contributed by atoms with Crippen molar-refractivity contribution in [3.05, 3.63) is 24.2 Å². The van der Waals surface area contributed by atoms with Crippen molar-refractivity contribution in [1.82, 2.24) is 15.1 Å². The Morgan fingerprint density at radius 3 is 3.22 bits per heavy atom. The van der Waals surface area contributed by atoms with Crippen LogP contribution in [0, 0.1) is 0 Å². The smallest absolute Gasteiger partial charge is 0.117 e. The summed E-state index contributed by atoms with van der Waals surface area (Å²) in [6, 6.07) is 4.80. The largest absolute Gasteiger partial charge is 0.468 e. The van der Waals surface area contributed by atoms with Gasteiger partial charge in [-0.1, -0.05) is 0 Å². The summed E-state index contributed by atoms with van der Waals surface area (Å²) in [6.07, 6.45) is 4.53. The summed E-state index contributed by atoms with van der Waals surface area (Å²) < 4.78 is 5.30. The van der Waals surface area contributed by atoms with Crippen LogP contribution in [0.4, 0.5) is 0 Å². The molecule has 0 amide bonds. The van der Waals surface area contributed by atoms with Gasteiger partial charge >= 0.3 is 0 Å². The number of nitrogens with zero attached hydrogens (tertiary/aromatic N) is 2. The number of hydrogen-bond donors (Lipinski definition) is 1. The van der Waals surface area contributed by atoms with Crippen molar-refractivity contribution in [2.24, 2.45) is 0 Å². The fraction of sp³-hybridized carbons (Fsp3) is 0.714. The number of hydrogen-bond acceptors (Lipinski definition) is 4. The Morgan fingerprint density at radius 1 is 1.33 bits per heavy atom. The van der Waals surface area contributed by atoms with Crippen LogP contribution < -0.4 is 5.32 Å². The number of fused-ring (bicyclic) bond motifs is 1. The van der Waals surface area contributed by atoms with Gasteiger partial charge in [0.25, 0.3) is 0 Å². The average Bonchev–Trinajstić information content (AvgIpc) is 3.05. The van der Waals surface area contributed by atoms with Crippen LogP contribution in [0.15, 0.2) is 22.8 Å². The van der Waals surface area contributed by atoms with Crippen LogP contribution in [0.2, 0.25) is 0 Å². The van der Waals surface area contributed by atoms with Crippen LogP contribution in [-0.2, 0) is 6.54 Å². The molecule has 0 aromatic carbocycles. The lowest BCUT2D eigenvalue weighted by molar-refractivity contribution is 0.105. The highest BCUT2D eigenvalue weighted by Crippen LogP contribution is 2.20. The fourth-order valence-electron chi connectivity index (χ4n) is 3.12. The third kappa shape index (κ3) is 2.94. The Morgan fingerprint density at radius 2 is 2.33 bits per heavy atom. The molecule has 2 saturated heterocycles. The van der Waals surface area contributed by atoms with Gasteiger partial charge in [-0.15, -0.1) is 0 Å². The van der Waals surface area contributed by atoms with Crippen LogP contribution >= 0.6 is 0 Å².